The Balaban J connectivity index is 2.70. The van der Waals surface area contributed by atoms with Crippen LogP contribution in [-0.4, -0.2) is 17.2 Å². The maximum Gasteiger partial charge on any atom is 0.216 e. The van der Waals surface area contributed by atoms with Crippen LogP contribution >= 0.6 is 0 Å². The summed E-state index contributed by atoms with van der Waals surface area (Å²) in [7, 11) is 1.56. The maximum absolute atomic E-state index is 13.8. The molecule has 0 saturated heterocycles. The van der Waals surface area contributed by atoms with Crippen LogP contribution in [0, 0.1) is 5.82 Å². The third-order valence-corrected chi connectivity index (χ3v) is 3.00. The molecule has 1 aromatic carbocycles. The molecular formula is C14H16FNO2. The number of aromatic nitrogens is 1. The molecule has 0 bridgehead atoms. The molecule has 0 aliphatic carbocycles. The van der Waals surface area contributed by atoms with Gasteiger partial charge in [0.05, 0.1) is 18.7 Å². The second kappa shape index (κ2) is 4.90. The van der Waals surface area contributed by atoms with E-state index >= 15 is 0 Å². The van der Waals surface area contributed by atoms with Gasteiger partial charge in [-0.1, -0.05) is 6.92 Å². The Hall–Kier alpha value is -1.68. The first-order chi connectivity index (χ1) is 8.56. The van der Waals surface area contributed by atoms with Crippen molar-refractivity contribution in [3.8, 4) is 5.88 Å². The van der Waals surface area contributed by atoms with Crippen LogP contribution in [0.2, 0.25) is 0 Å². The van der Waals surface area contributed by atoms with Crippen molar-refractivity contribution in [1.82, 2.24) is 4.98 Å². The molecule has 1 atom stereocenters. The van der Waals surface area contributed by atoms with Gasteiger partial charge in [-0.3, -0.25) is 0 Å². The molecule has 4 heteroatoms. The van der Waals surface area contributed by atoms with Gasteiger partial charge in [-0.2, -0.15) is 0 Å². The first-order valence-electron chi connectivity index (χ1n) is 5.92. The third-order valence-electron chi connectivity index (χ3n) is 3.00. The van der Waals surface area contributed by atoms with Crippen molar-refractivity contribution in [2.45, 2.75) is 26.4 Å². The first-order valence-corrected chi connectivity index (χ1v) is 5.92. The highest BCUT2D eigenvalue weighted by atomic mass is 19.1. The number of aliphatic hydroxyl groups is 1. The standard InChI is InChI=1S/C14H16FNO2/c1-4-9-5-10-6-12(15)11(8(2)17)7-13(10)16-14(9)18-3/h5-8,17H,4H2,1-3H3. The van der Waals surface area contributed by atoms with E-state index in [1.165, 1.54) is 13.0 Å². The lowest BCUT2D eigenvalue weighted by atomic mass is 10.0. The number of pyridine rings is 1. The smallest absolute Gasteiger partial charge is 0.216 e. The minimum atomic E-state index is -0.854. The van der Waals surface area contributed by atoms with Crippen LogP contribution < -0.4 is 4.74 Å². The van der Waals surface area contributed by atoms with Crippen LogP contribution in [0.15, 0.2) is 18.2 Å². The van der Waals surface area contributed by atoms with Gasteiger partial charge in [0.2, 0.25) is 5.88 Å². The van der Waals surface area contributed by atoms with Crippen molar-refractivity contribution in [3.63, 3.8) is 0 Å². The fourth-order valence-corrected chi connectivity index (χ4v) is 1.99. The van der Waals surface area contributed by atoms with Gasteiger partial charge in [-0.25, -0.2) is 9.37 Å². The predicted molar refractivity (Wildman–Crippen MR) is 68.3 cm³/mol. The molecule has 2 rings (SSSR count). The van der Waals surface area contributed by atoms with Gasteiger partial charge in [-0.15, -0.1) is 0 Å². The number of aryl methyl sites for hydroxylation is 1. The molecule has 0 aliphatic rings. The highest BCUT2D eigenvalue weighted by molar-refractivity contribution is 5.81. The van der Waals surface area contributed by atoms with E-state index in [-0.39, 0.29) is 5.56 Å². The van der Waals surface area contributed by atoms with Crippen LogP contribution in [0.5, 0.6) is 5.88 Å². The van der Waals surface area contributed by atoms with E-state index in [0.717, 1.165) is 17.4 Å². The molecule has 0 saturated carbocycles. The number of benzene rings is 1. The molecule has 1 unspecified atom stereocenters. The van der Waals surface area contributed by atoms with Crippen molar-refractivity contribution in [2.75, 3.05) is 7.11 Å². The van der Waals surface area contributed by atoms with E-state index in [9.17, 15) is 9.50 Å². The topological polar surface area (TPSA) is 42.4 Å². The van der Waals surface area contributed by atoms with Gasteiger partial charge >= 0.3 is 0 Å². The minimum Gasteiger partial charge on any atom is -0.481 e. The van der Waals surface area contributed by atoms with Crippen molar-refractivity contribution >= 4 is 10.9 Å². The van der Waals surface area contributed by atoms with Crippen LogP contribution in [0.4, 0.5) is 4.39 Å². The number of nitrogens with zero attached hydrogens (tertiary/aromatic N) is 1. The fourth-order valence-electron chi connectivity index (χ4n) is 1.99. The lowest BCUT2D eigenvalue weighted by Gasteiger charge is -2.11. The molecule has 0 spiro atoms. The van der Waals surface area contributed by atoms with Gasteiger partial charge in [0.1, 0.15) is 5.82 Å². The summed E-state index contributed by atoms with van der Waals surface area (Å²) < 4.78 is 19.0. The summed E-state index contributed by atoms with van der Waals surface area (Å²) in [4.78, 5) is 4.35. The largest absolute Gasteiger partial charge is 0.481 e. The molecule has 0 amide bonds. The monoisotopic (exact) mass is 249 g/mol. The van der Waals surface area contributed by atoms with Crippen LogP contribution in [0.25, 0.3) is 10.9 Å². The zero-order chi connectivity index (χ0) is 13.3. The number of methoxy groups -OCH3 is 1. The van der Waals surface area contributed by atoms with Crippen molar-refractivity contribution in [2.24, 2.45) is 0 Å². The highest BCUT2D eigenvalue weighted by Crippen LogP contribution is 2.27. The summed E-state index contributed by atoms with van der Waals surface area (Å²) >= 11 is 0. The Morgan fingerprint density at radius 1 is 1.39 bits per heavy atom. The van der Waals surface area contributed by atoms with Gasteiger partial charge in [0.25, 0.3) is 0 Å². The van der Waals surface area contributed by atoms with Crippen LogP contribution in [0.3, 0.4) is 0 Å². The molecule has 3 nitrogen and oxygen atoms in total. The van der Waals surface area contributed by atoms with Gasteiger partial charge < -0.3 is 9.84 Å². The lowest BCUT2D eigenvalue weighted by molar-refractivity contribution is 0.194. The SMILES string of the molecule is CCc1cc2cc(F)c(C(C)O)cc2nc1OC. The molecule has 1 heterocycles. The average Bonchev–Trinajstić information content (AvgIpc) is 2.36. The summed E-state index contributed by atoms with van der Waals surface area (Å²) in [6.07, 6.45) is -0.0839. The molecule has 1 aromatic heterocycles. The Labute approximate surface area is 105 Å². The van der Waals surface area contributed by atoms with Gasteiger partial charge in [-0.05, 0) is 31.5 Å². The summed E-state index contributed by atoms with van der Waals surface area (Å²) in [5, 5.41) is 10.2. The lowest BCUT2D eigenvalue weighted by Crippen LogP contribution is -1.99. The zero-order valence-electron chi connectivity index (χ0n) is 10.7. The molecule has 0 aliphatic heterocycles. The number of ether oxygens (including phenoxy) is 1. The average molecular weight is 249 g/mol. The second-order valence-corrected chi connectivity index (χ2v) is 4.25. The number of hydrogen-bond acceptors (Lipinski definition) is 3. The number of aliphatic hydroxyl groups excluding tert-OH is 1. The van der Waals surface area contributed by atoms with E-state index in [1.807, 2.05) is 13.0 Å². The van der Waals surface area contributed by atoms with Crippen molar-refractivity contribution in [1.29, 1.82) is 0 Å². The van der Waals surface area contributed by atoms with E-state index in [1.54, 1.807) is 13.2 Å². The van der Waals surface area contributed by atoms with E-state index in [4.69, 9.17) is 4.74 Å². The second-order valence-electron chi connectivity index (χ2n) is 4.25. The zero-order valence-corrected chi connectivity index (χ0v) is 10.7. The maximum atomic E-state index is 13.8. The van der Waals surface area contributed by atoms with Gasteiger partial charge in [0, 0.05) is 16.5 Å². The Kier molecular flexibility index (Phi) is 3.48. The Morgan fingerprint density at radius 3 is 2.67 bits per heavy atom. The number of halogens is 1. The summed E-state index contributed by atoms with van der Waals surface area (Å²) in [6.45, 7) is 3.52. The highest BCUT2D eigenvalue weighted by Gasteiger charge is 2.12. The Morgan fingerprint density at radius 2 is 2.11 bits per heavy atom. The molecular weight excluding hydrogens is 233 g/mol. The van der Waals surface area contributed by atoms with Crippen molar-refractivity contribution < 1.29 is 14.2 Å². The molecule has 18 heavy (non-hydrogen) atoms. The summed E-state index contributed by atoms with van der Waals surface area (Å²) in [5.74, 6) is 0.139. The summed E-state index contributed by atoms with van der Waals surface area (Å²) in [6, 6.07) is 4.84. The molecule has 96 valence electrons. The summed E-state index contributed by atoms with van der Waals surface area (Å²) in [5.41, 5.74) is 1.82. The number of rotatable bonds is 3. The van der Waals surface area contributed by atoms with Crippen molar-refractivity contribution in [3.05, 3.63) is 35.1 Å². The fraction of sp³-hybridized carbons (Fsp3) is 0.357. The normalized spacial score (nSPS) is 12.7. The van der Waals surface area contributed by atoms with E-state index in [0.29, 0.717) is 11.4 Å². The minimum absolute atomic E-state index is 0.251. The van der Waals surface area contributed by atoms with E-state index in [2.05, 4.69) is 4.98 Å². The molecule has 2 aromatic rings. The molecule has 0 radical (unpaired) electrons. The van der Waals surface area contributed by atoms with Crippen LogP contribution in [-0.2, 0) is 6.42 Å². The quantitative estimate of drug-likeness (QED) is 0.909. The van der Waals surface area contributed by atoms with Gasteiger partial charge in [0.15, 0.2) is 0 Å². The third kappa shape index (κ3) is 2.16. The predicted octanol–water partition coefficient (Wildman–Crippen LogP) is 3.00. The number of fused-ring (bicyclic) bond motifs is 1. The van der Waals surface area contributed by atoms with E-state index < -0.39 is 11.9 Å². The molecule has 1 N–H and O–H groups in total. The Bertz CT molecular complexity index is 582. The first kappa shape index (κ1) is 12.8. The number of hydrogen-bond donors (Lipinski definition) is 1. The van der Waals surface area contributed by atoms with Crippen LogP contribution in [0.1, 0.15) is 31.1 Å². The molecule has 0 fully saturated rings.